The van der Waals surface area contributed by atoms with Gasteiger partial charge in [0.2, 0.25) is 0 Å². The largest absolute Gasteiger partial charge is 0.494 e. The zero-order valence-electron chi connectivity index (χ0n) is 19.7. The molecule has 0 spiro atoms. The predicted molar refractivity (Wildman–Crippen MR) is 137 cm³/mol. The number of carbonyl (C=O) groups excluding carboxylic acids is 3. The van der Waals surface area contributed by atoms with Gasteiger partial charge in [0.05, 0.1) is 18.4 Å². The number of hydrogen-bond donors (Lipinski definition) is 2. The number of nitrogens with zero attached hydrogens (tertiary/aromatic N) is 1. The van der Waals surface area contributed by atoms with Crippen LogP contribution in [0.4, 0.5) is 10.1 Å². The summed E-state index contributed by atoms with van der Waals surface area (Å²) in [5.74, 6) is -2.22. The third-order valence-corrected chi connectivity index (χ3v) is 5.20. The van der Waals surface area contributed by atoms with Crippen LogP contribution in [0.2, 0.25) is 0 Å². The molecule has 4 aromatic carbocycles. The van der Waals surface area contributed by atoms with Gasteiger partial charge in [0, 0.05) is 11.3 Å². The molecule has 2 N–H and O–H groups in total. The zero-order chi connectivity index (χ0) is 26.2. The number of rotatable bonds is 7. The number of ether oxygens (including phenoxy) is 2. The van der Waals surface area contributed by atoms with Crippen LogP contribution in [-0.4, -0.2) is 30.6 Å². The van der Waals surface area contributed by atoms with Gasteiger partial charge in [-0.15, -0.1) is 0 Å². The number of esters is 1. The average molecular weight is 499 g/mol. The second kappa shape index (κ2) is 11.6. The molecule has 0 unspecified atom stereocenters. The van der Waals surface area contributed by atoms with Crippen molar-refractivity contribution in [1.82, 2.24) is 5.43 Å². The standard InChI is InChI=1S/C28H22FN3O5/c1-2-36-22-14-7-19(8-15-22)28(35)37-25-16-9-18-5-3-4-6-23(18)24(25)17-30-32-27(34)26(33)31-21-12-10-20(29)11-13-21/h3-17H,2H2,1H3,(H,31,33)(H,32,34). The van der Waals surface area contributed by atoms with Crippen molar-refractivity contribution >= 4 is 40.5 Å². The number of hydrogen-bond acceptors (Lipinski definition) is 6. The lowest BCUT2D eigenvalue weighted by atomic mass is 10.0. The number of anilines is 1. The minimum absolute atomic E-state index is 0.214. The van der Waals surface area contributed by atoms with Crippen LogP contribution in [0.3, 0.4) is 0 Å². The monoisotopic (exact) mass is 499 g/mol. The van der Waals surface area contributed by atoms with Gasteiger partial charge in [0.1, 0.15) is 17.3 Å². The van der Waals surface area contributed by atoms with E-state index in [0.29, 0.717) is 28.9 Å². The quantitative estimate of drug-likeness (QED) is 0.126. The Hall–Kier alpha value is -5.05. The van der Waals surface area contributed by atoms with E-state index in [1.54, 1.807) is 36.4 Å². The summed E-state index contributed by atoms with van der Waals surface area (Å²) >= 11 is 0. The van der Waals surface area contributed by atoms with Gasteiger partial charge in [-0.25, -0.2) is 14.6 Å². The van der Waals surface area contributed by atoms with E-state index >= 15 is 0 Å². The fourth-order valence-electron chi connectivity index (χ4n) is 3.44. The highest BCUT2D eigenvalue weighted by molar-refractivity contribution is 6.39. The van der Waals surface area contributed by atoms with Gasteiger partial charge in [0.15, 0.2) is 0 Å². The number of carbonyl (C=O) groups is 3. The van der Waals surface area contributed by atoms with Crippen molar-refractivity contribution in [3.8, 4) is 11.5 Å². The van der Waals surface area contributed by atoms with Gasteiger partial charge >= 0.3 is 17.8 Å². The van der Waals surface area contributed by atoms with Crippen LogP contribution < -0.4 is 20.2 Å². The SMILES string of the molecule is CCOc1ccc(C(=O)Oc2ccc3ccccc3c2C=NNC(=O)C(=O)Nc2ccc(F)cc2)cc1. The molecule has 0 saturated heterocycles. The molecule has 0 saturated carbocycles. The molecule has 0 bridgehead atoms. The van der Waals surface area contributed by atoms with Gasteiger partial charge in [0.25, 0.3) is 0 Å². The normalized spacial score (nSPS) is 10.8. The zero-order valence-corrected chi connectivity index (χ0v) is 19.7. The Morgan fingerprint density at radius 2 is 1.62 bits per heavy atom. The number of fused-ring (bicyclic) bond motifs is 1. The van der Waals surface area contributed by atoms with Crippen molar-refractivity contribution < 1.29 is 28.2 Å². The molecule has 0 aliphatic heterocycles. The van der Waals surface area contributed by atoms with Crippen LogP contribution in [0.15, 0.2) is 90.0 Å². The van der Waals surface area contributed by atoms with Crippen LogP contribution in [0.25, 0.3) is 10.8 Å². The summed E-state index contributed by atoms with van der Waals surface area (Å²) in [5.41, 5.74) is 3.15. The van der Waals surface area contributed by atoms with E-state index in [1.165, 1.54) is 18.3 Å². The highest BCUT2D eigenvalue weighted by Gasteiger charge is 2.15. The molecule has 4 aromatic rings. The van der Waals surface area contributed by atoms with Crippen LogP contribution >= 0.6 is 0 Å². The van der Waals surface area contributed by atoms with Crippen LogP contribution in [0.1, 0.15) is 22.8 Å². The van der Waals surface area contributed by atoms with Gasteiger partial charge in [-0.05, 0) is 72.3 Å². The number of nitrogens with one attached hydrogen (secondary N) is 2. The first kappa shape index (κ1) is 25.1. The van der Waals surface area contributed by atoms with Crippen molar-refractivity contribution in [3.05, 3.63) is 102 Å². The second-order valence-corrected chi connectivity index (χ2v) is 7.71. The maximum absolute atomic E-state index is 13.0. The summed E-state index contributed by atoms with van der Waals surface area (Å²) in [6, 6.07) is 22.3. The summed E-state index contributed by atoms with van der Waals surface area (Å²) < 4.78 is 24.1. The Labute approximate surface area is 211 Å². The highest BCUT2D eigenvalue weighted by Crippen LogP contribution is 2.27. The van der Waals surface area contributed by atoms with E-state index < -0.39 is 23.6 Å². The average Bonchev–Trinajstić information content (AvgIpc) is 2.91. The molecule has 0 atom stereocenters. The summed E-state index contributed by atoms with van der Waals surface area (Å²) in [7, 11) is 0. The smallest absolute Gasteiger partial charge is 0.343 e. The lowest BCUT2D eigenvalue weighted by molar-refractivity contribution is -0.136. The summed E-state index contributed by atoms with van der Waals surface area (Å²) in [5, 5.41) is 7.80. The Kier molecular flexibility index (Phi) is 7.85. The summed E-state index contributed by atoms with van der Waals surface area (Å²) in [6.45, 7) is 2.37. The van der Waals surface area contributed by atoms with E-state index in [1.807, 2.05) is 31.2 Å². The maximum atomic E-state index is 13.0. The van der Waals surface area contributed by atoms with Crippen molar-refractivity contribution in [2.45, 2.75) is 6.92 Å². The molecule has 0 radical (unpaired) electrons. The minimum atomic E-state index is -1.03. The van der Waals surface area contributed by atoms with Crippen LogP contribution in [-0.2, 0) is 9.59 Å². The number of hydrazone groups is 1. The second-order valence-electron chi connectivity index (χ2n) is 7.71. The van der Waals surface area contributed by atoms with Crippen molar-refractivity contribution in [2.75, 3.05) is 11.9 Å². The first-order valence-corrected chi connectivity index (χ1v) is 11.3. The lowest BCUT2D eigenvalue weighted by Crippen LogP contribution is -2.32. The third-order valence-electron chi connectivity index (χ3n) is 5.20. The fourth-order valence-corrected chi connectivity index (χ4v) is 3.44. The van der Waals surface area contributed by atoms with Crippen LogP contribution in [0, 0.1) is 5.82 Å². The molecule has 0 aromatic heterocycles. The number of amides is 2. The molecule has 8 nitrogen and oxygen atoms in total. The minimum Gasteiger partial charge on any atom is -0.494 e. The molecule has 0 aliphatic rings. The Balaban J connectivity index is 1.51. The molecule has 9 heteroatoms. The van der Waals surface area contributed by atoms with Crippen molar-refractivity contribution in [3.63, 3.8) is 0 Å². The molecular weight excluding hydrogens is 477 g/mol. The van der Waals surface area contributed by atoms with E-state index in [9.17, 15) is 18.8 Å². The molecule has 37 heavy (non-hydrogen) atoms. The number of benzene rings is 4. The van der Waals surface area contributed by atoms with Gasteiger partial charge < -0.3 is 14.8 Å². The van der Waals surface area contributed by atoms with E-state index in [-0.39, 0.29) is 11.4 Å². The molecule has 0 fully saturated rings. The summed E-state index contributed by atoms with van der Waals surface area (Å²) in [6.07, 6.45) is 1.30. The van der Waals surface area contributed by atoms with Gasteiger partial charge in [-0.2, -0.15) is 5.10 Å². The Bertz CT molecular complexity index is 1470. The first-order chi connectivity index (χ1) is 17.9. The Morgan fingerprint density at radius 1 is 0.892 bits per heavy atom. The predicted octanol–water partition coefficient (Wildman–Crippen LogP) is 4.69. The topological polar surface area (TPSA) is 106 Å². The Morgan fingerprint density at radius 3 is 2.35 bits per heavy atom. The molecule has 2 amide bonds. The number of halogens is 1. The molecular formula is C28H22FN3O5. The van der Waals surface area contributed by atoms with Crippen LogP contribution in [0.5, 0.6) is 11.5 Å². The van der Waals surface area contributed by atoms with Gasteiger partial charge in [-0.1, -0.05) is 30.3 Å². The van der Waals surface area contributed by atoms with Gasteiger partial charge in [-0.3, -0.25) is 9.59 Å². The van der Waals surface area contributed by atoms with Crippen molar-refractivity contribution in [2.24, 2.45) is 5.10 Å². The molecule has 0 heterocycles. The fraction of sp³-hybridized carbons (Fsp3) is 0.0714. The van der Waals surface area contributed by atoms with E-state index in [4.69, 9.17) is 9.47 Å². The first-order valence-electron chi connectivity index (χ1n) is 11.3. The third kappa shape index (κ3) is 6.34. The molecule has 4 rings (SSSR count). The van der Waals surface area contributed by atoms with E-state index in [0.717, 1.165) is 17.5 Å². The molecule has 0 aliphatic carbocycles. The summed E-state index contributed by atoms with van der Waals surface area (Å²) in [4.78, 5) is 37.1. The highest BCUT2D eigenvalue weighted by atomic mass is 19.1. The van der Waals surface area contributed by atoms with Crippen molar-refractivity contribution in [1.29, 1.82) is 0 Å². The van der Waals surface area contributed by atoms with E-state index in [2.05, 4.69) is 15.8 Å². The lowest BCUT2D eigenvalue weighted by Gasteiger charge is -2.11. The maximum Gasteiger partial charge on any atom is 0.343 e. The molecule has 186 valence electrons.